The Morgan fingerprint density at radius 1 is 0.333 bits per heavy atom. The number of carbonyl (C=O) groups is 3. The number of ether oxygens (including phenoxy) is 3. The zero-order valence-corrected chi connectivity index (χ0v) is 42.1. The molecule has 0 radical (unpaired) electrons. The molecule has 0 heterocycles. The summed E-state index contributed by atoms with van der Waals surface area (Å²) in [4.78, 5) is 38.0. The summed E-state index contributed by atoms with van der Waals surface area (Å²) in [6, 6.07) is 0. The normalized spacial score (nSPS) is 12.2. The fraction of sp³-hybridized carbons (Fsp3) is 0.842. The summed E-state index contributed by atoms with van der Waals surface area (Å²) in [6.07, 6.45) is 61.3. The predicted octanol–water partition coefficient (Wildman–Crippen LogP) is 18.1. The van der Waals surface area contributed by atoms with Crippen LogP contribution in [-0.4, -0.2) is 37.2 Å². The van der Waals surface area contributed by atoms with Crippen LogP contribution < -0.4 is 0 Å². The van der Waals surface area contributed by atoms with Crippen LogP contribution in [-0.2, 0) is 28.6 Å². The van der Waals surface area contributed by atoms with Crippen LogP contribution in [0.1, 0.15) is 290 Å². The Bertz CT molecular complexity index is 1060. The first-order valence-corrected chi connectivity index (χ1v) is 27.5. The van der Waals surface area contributed by atoms with Crippen molar-refractivity contribution in [1.29, 1.82) is 0 Å². The highest BCUT2D eigenvalue weighted by Crippen LogP contribution is 2.17. The number of allylic oxidation sites excluding steroid dienone is 6. The van der Waals surface area contributed by atoms with Gasteiger partial charge in [0.25, 0.3) is 0 Å². The summed E-state index contributed by atoms with van der Waals surface area (Å²) in [5.74, 6) is -0.891. The molecule has 0 fully saturated rings. The highest BCUT2D eigenvalue weighted by Gasteiger charge is 2.19. The first-order chi connectivity index (χ1) is 31.0. The minimum atomic E-state index is -0.779. The van der Waals surface area contributed by atoms with Crippen LogP contribution in [0.2, 0.25) is 0 Å². The van der Waals surface area contributed by atoms with Crippen molar-refractivity contribution in [3.63, 3.8) is 0 Å². The largest absolute Gasteiger partial charge is 0.462 e. The van der Waals surface area contributed by atoms with Gasteiger partial charge in [-0.3, -0.25) is 14.4 Å². The van der Waals surface area contributed by atoms with Crippen molar-refractivity contribution in [2.75, 3.05) is 13.2 Å². The van der Waals surface area contributed by atoms with Crippen LogP contribution in [0, 0.1) is 0 Å². The minimum Gasteiger partial charge on any atom is -0.462 e. The number of hydrogen-bond donors (Lipinski definition) is 0. The van der Waals surface area contributed by atoms with E-state index in [2.05, 4.69) is 57.2 Å². The third kappa shape index (κ3) is 50.5. The third-order valence-corrected chi connectivity index (χ3v) is 12.2. The van der Waals surface area contributed by atoms with Gasteiger partial charge in [-0.05, 0) is 51.4 Å². The number of hydrogen-bond acceptors (Lipinski definition) is 6. The molecule has 0 aromatic rings. The van der Waals surface area contributed by atoms with Gasteiger partial charge in [-0.25, -0.2) is 0 Å². The number of esters is 3. The average molecular weight is 885 g/mol. The van der Waals surface area contributed by atoms with E-state index in [4.69, 9.17) is 14.2 Å². The van der Waals surface area contributed by atoms with E-state index in [0.29, 0.717) is 19.3 Å². The van der Waals surface area contributed by atoms with E-state index in [1.54, 1.807) is 0 Å². The standard InChI is InChI=1S/C57H104O6/c1-4-7-10-13-16-19-22-25-27-28-29-30-33-35-38-41-44-47-50-56(59)62-53-54(52-61-55(58)49-46-43-40-37-34-31-24-21-18-15-12-9-6-3)63-57(60)51-48-45-42-39-36-32-26-23-20-17-14-11-8-5-2/h9,12,18,21,31,34,54H,4-8,10-11,13-17,19-20,22-30,32-33,35-53H2,1-3H3/b12-9-,21-18-,34-31-. The van der Waals surface area contributed by atoms with Gasteiger partial charge >= 0.3 is 17.9 Å². The molecular weight excluding hydrogens is 781 g/mol. The smallest absolute Gasteiger partial charge is 0.306 e. The van der Waals surface area contributed by atoms with E-state index in [9.17, 15) is 14.4 Å². The Morgan fingerprint density at radius 2 is 0.619 bits per heavy atom. The second kappa shape index (κ2) is 52.3. The summed E-state index contributed by atoms with van der Waals surface area (Å²) in [5, 5.41) is 0. The molecule has 0 N–H and O–H groups in total. The van der Waals surface area contributed by atoms with Gasteiger partial charge < -0.3 is 14.2 Å². The Morgan fingerprint density at radius 3 is 0.968 bits per heavy atom. The molecule has 6 nitrogen and oxygen atoms in total. The van der Waals surface area contributed by atoms with Crippen molar-refractivity contribution in [1.82, 2.24) is 0 Å². The molecule has 0 spiro atoms. The molecule has 0 aromatic carbocycles. The highest BCUT2D eigenvalue weighted by molar-refractivity contribution is 5.71. The van der Waals surface area contributed by atoms with Crippen molar-refractivity contribution >= 4 is 17.9 Å². The lowest BCUT2D eigenvalue weighted by Gasteiger charge is -2.18. The molecule has 1 unspecified atom stereocenters. The van der Waals surface area contributed by atoms with Gasteiger partial charge in [0.15, 0.2) is 6.10 Å². The van der Waals surface area contributed by atoms with Crippen LogP contribution in [0.3, 0.4) is 0 Å². The molecule has 0 rings (SSSR count). The quantitative estimate of drug-likeness (QED) is 0.0262. The Labute approximate surface area is 391 Å². The fourth-order valence-corrected chi connectivity index (χ4v) is 8.05. The van der Waals surface area contributed by atoms with Crippen LogP contribution in [0.5, 0.6) is 0 Å². The number of carbonyl (C=O) groups excluding carboxylic acids is 3. The molecule has 0 aliphatic carbocycles. The minimum absolute atomic E-state index is 0.0768. The molecule has 0 amide bonds. The fourth-order valence-electron chi connectivity index (χ4n) is 8.05. The Hall–Kier alpha value is -2.37. The number of unbranched alkanes of at least 4 members (excludes halogenated alkanes) is 33. The van der Waals surface area contributed by atoms with Crippen molar-refractivity contribution in [2.24, 2.45) is 0 Å². The van der Waals surface area contributed by atoms with Gasteiger partial charge in [0.2, 0.25) is 0 Å². The van der Waals surface area contributed by atoms with E-state index in [0.717, 1.165) is 83.5 Å². The maximum absolute atomic E-state index is 12.8. The van der Waals surface area contributed by atoms with Crippen molar-refractivity contribution in [3.8, 4) is 0 Å². The molecule has 0 bridgehead atoms. The third-order valence-electron chi connectivity index (χ3n) is 12.2. The summed E-state index contributed by atoms with van der Waals surface area (Å²) >= 11 is 0. The van der Waals surface area contributed by atoms with E-state index in [-0.39, 0.29) is 31.1 Å². The summed E-state index contributed by atoms with van der Waals surface area (Å²) < 4.78 is 16.8. The molecule has 63 heavy (non-hydrogen) atoms. The number of rotatable bonds is 50. The van der Waals surface area contributed by atoms with Gasteiger partial charge in [-0.15, -0.1) is 0 Å². The summed E-state index contributed by atoms with van der Waals surface area (Å²) in [6.45, 7) is 6.54. The predicted molar refractivity (Wildman–Crippen MR) is 270 cm³/mol. The van der Waals surface area contributed by atoms with Crippen LogP contribution >= 0.6 is 0 Å². The molecule has 6 heteroatoms. The van der Waals surface area contributed by atoms with Crippen molar-refractivity contribution in [3.05, 3.63) is 36.5 Å². The molecule has 0 saturated heterocycles. The van der Waals surface area contributed by atoms with Crippen LogP contribution in [0.25, 0.3) is 0 Å². The second-order valence-electron chi connectivity index (χ2n) is 18.5. The monoisotopic (exact) mass is 885 g/mol. The molecular formula is C57H104O6. The molecule has 0 aliphatic heterocycles. The van der Waals surface area contributed by atoms with Crippen LogP contribution in [0.4, 0.5) is 0 Å². The van der Waals surface area contributed by atoms with E-state index in [1.807, 2.05) is 0 Å². The average Bonchev–Trinajstić information content (AvgIpc) is 3.28. The van der Waals surface area contributed by atoms with Crippen LogP contribution in [0.15, 0.2) is 36.5 Å². The first-order valence-electron chi connectivity index (χ1n) is 27.5. The van der Waals surface area contributed by atoms with Gasteiger partial charge in [0, 0.05) is 19.3 Å². The van der Waals surface area contributed by atoms with E-state index < -0.39 is 6.10 Å². The molecule has 368 valence electrons. The molecule has 0 saturated carbocycles. The van der Waals surface area contributed by atoms with Gasteiger partial charge in [-0.2, -0.15) is 0 Å². The molecule has 0 aliphatic rings. The van der Waals surface area contributed by atoms with Gasteiger partial charge in [0.1, 0.15) is 13.2 Å². The summed E-state index contributed by atoms with van der Waals surface area (Å²) in [7, 11) is 0. The maximum atomic E-state index is 12.8. The molecule has 1 atom stereocenters. The maximum Gasteiger partial charge on any atom is 0.306 e. The topological polar surface area (TPSA) is 78.9 Å². The van der Waals surface area contributed by atoms with Gasteiger partial charge in [0.05, 0.1) is 0 Å². The Balaban J connectivity index is 4.33. The summed E-state index contributed by atoms with van der Waals surface area (Å²) in [5.41, 5.74) is 0. The SMILES string of the molecule is CC/C=C\C/C=C\C/C=C\CCCCCC(=O)OCC(COC(=O)CCCCCCCCCCCCCCCCCCCC)OC(=O)CCCCCCCCCCCCCCCC. The first kappa shape index (κ1) is 60.6. The second-order valence-corrected chi connectivity index (χ2v) is 18.5. The van der Waals surface area contributed by atoms with Crippen molar-refractivity contribution < 1.29 is 28.6 Å². The Kier molecular flexibility index (Phi) is 50.3. The molecule has 0 aromatic heterocycles. The zero-order chi connectivity index (χ0) is 45.8. The lowest BCUT2D eigenvalue weighted by molar-refractivity contribution is -0.167. The lowest BCUT2D eigenvalue weighted by Crippen LogP contribution is -2.30. The highest BCUT2D eigenvalue weighted by atomic mass is 16.6. The van der Waals surface area contributed by atoms with Crippen molar-refractivity contribution in [2.45, 2.75) is 297 Å². The zero-order valence-electron chi connectivity index (χ0n) is 42.1. The van der Waals surface area contributed by atoms with E-state index >= 15 is 0 Å². The lowest BCUT2D eigenvalue weighted by atomic mass is 10.0. The van der Waals surface area contributed by atoms with E-state index in [1.165, 1.54) is 167 Å². The van der Waals surface area contributed by atoms with Gasteiger partial charge in [-0.1, -0.05) is 256 Å².